The number of anilines is 1. The summed E-state index contributed by atoms with van der Waals surface area (Å²) < 4.78 is 1.92. The number of pyridine rings is 1. The van der Waals surface area contributed by atoms with Gasteiger partial charge in [-0.3, -0.25) is 14.3 Å². The zero-order valence-electron chi connectivity index (χ0n) is 13.5. The number of nitrogens with zero attached hydrogens (tertiary/aromatic N) is 5. The molecule has 0 saturated carbocycles. The van der Waals surface area contributed by atoms with Gasteiger partial charge in [-0.15, -0.1) is 28.1 Å². The van der Waals surface area contributed by atoms with Crippen molar-refractivity contribution in [1.82, 2.24) is 24.7 Å². The van der Waals surface area contributed by atoms with Crippen LogP contribution in [0.25, 0.3) is 11.4 Å². The van der Waals surface area contributed by atoms with E-state index in [2.05, 4.69) is 32.1 Å². The molecule has 128 valence electrons. The van der Waals surface area contributed by atoms with Crippen LogP contribution in [0.5, 0.6) is 0 Å². The Hall–Kier alpha value is -2.52. The van der Waals surface area contributed by atoms with Crippen LogP contribution in [0.15, 0.2) is 53.9 Å². The molecule has 1 N–H and O–H groups in total. The van der Waals surface area contributed by atoms with Crippen molar-refractivity contribution < 1.29 is 4.79 Å². The van der Waals surface area contributed by atoms with Crippen LogP contribution in [0.4, 0.5) is 5.13 Å². The van der Waals surface area contributed by atoms with Gasteiger partial charge in [0.1, 0.15) is 0 Å². The first-order chi connectivity index (χ1) is 12.2. The van der Waals surface area contributed by atoms with Crippen LogP contribution in [0.1, 0.15) is 6.92 Å². The molecular weight excluding hydrogens is 356 g/mol. The zero-order valence-corrected chi connectivity index (χ0v) is 15.1. The number of hydrogen-bond acceptors (Lipinski definition) is 7. The van der Waals surface area contributed by atoms with Crippen LogP contribution in [-0.2, 0) is 11.3 Å². The van der Waals surface area contributed by atoms with Crippen LogP contribution in [0, 0.1) is 0 Å². The van der Waals surface area contributed by atoms with Crippen LogP contribution < -0.4 is 5.32 Å². The number of amides is 1. The summed E-state index contributed by atoms with van der Waals surface area (Å²) in [6.45, 7) is 6.15. The lowest BCUT2D eigenvalue weighted by molar-refractivity contribution is -0.115. The molecule has 3 rings (SSSR count). The second-order valence-corrected chi connectivity index (χ2v) is 7.24. The molecule has 0 saturated heterocycles. The van der Waals surface area contributed by atoms with Gasteiger partial charge in [0, 0.05) is 36.1 Å². The molecule has 7 nitrogen and oxygen atoms in total. The first-order valence-corrected chi connectivity index (χ1v) is 9.26. The second-order valence-electron chi connectivity index (χ2n) is 5.03. The average Bonchev–Trinajstić information content (AvgIpc) is 3.26. The van der Waals surface area contributed by atoms with Crippen molar-refractivity contribution in [2.24, 2.45) is 0 Å². The van der Waals surface area contributed by atoms with Gasteiger partial charge in [-0.2, -0.15) is 0 Å². The van der Waals surface area contributed by atoms with Gasteiger partial charge in [-0.25, -0.2) is 4.98 Å². The van der Waals surface area contributed by atoms with Gasteiger partial charge in [0.2, 0.25) is 5.91 Å². The molecule has 0 radical (unpaired) electrons. The minimum absolute atomic E-state index is 0.129. The Bertz CT molecular complexity index is 847. The van der Waals surface area contributed by atoms with E-state index in [0.29, 0.717) is 22.7 Å². The Morgan fingerprint density at radius 3 is 3.04 bits per heavy atom. The van der Waals surface area contributed by atoms with Gasteiger partial charge in [-0.1, -0.05) is 17.8 Å². The fourth-order valence-corrected chi connectivity index (χ4v) is 3.47. The summed E-state index contributed by atoms with van der Waals surface area (Å²) in [7, 11) is 0. The number of carbonyl (C=O) groups excluding carboxylic acids is 1. The highest BCUT2D eigenvalue weighted by Crippen LogP contribution is 2.27. The van der Waals surface area contributed by atoms with E-state index in [1.54, 1.807) is 24.7 Å². The fourth-order valence-electron chi connectivity index (χ4n) is 2.08. The highest BCUT2D eigenvalue weighted by Gasteiger charge is 2.21. The third-order valence-electron chi connectivity index (χ3n) is 3.26. The van der Waals surface area contributed by atoms with Crippen LogP contribution in [0.3, 0.4) is 0 Å². The van der Waals surface area contributed by atoms with Crippen LogP contribution >= 0.6 is 23.1 Å². The molecule has 1 atom stereocenters. The lowest BCUT2D eigenvalue weighted by Gasteiger charge is -2.11. The van der Waals surface area contributed by atoms with E-state index < -0.39 is 0 Å². The molecule has 3 aromatic heterocycles. The zero-order chi connectivity index (χ0) is 17.6. The number of carbonyl (C=O) groups is 1. The van der Waals surface area contributed by atoms with E-state index in [0.717, 1.165) is 5.56 Å². The topological polar surface area (TPSA) is 85.6 Å². The standard InChI is InChI=1S/C16H16N6OS2/c1-3-8-22-13(12-5-4-6-17-10-12)20-21-16(22)25-11(2)14(23)19-15-18-7-9-24-15/h3-7,9-11H,1,8H2,2H3,(H,18,19,23). The molecule has 0 aliphatic heterocycles. The molecule has 3 aromatic rings. The predicted molar refractivity (Wildman–Crippen MR) is 99.5 cm³/mol. The van der Waals surface area contributed by atoms with Crippen molar-refractivity contribution in [1.29, 1.82) is 0 Å². The van der Waals surface area contributed by atoms with E-state index in [4.69, 9.17) is 0 Å². The quantitative estimate of drug-likeness (QED) is 0.507. The minimum Gasteiger partial charge on any atom is -0.301 e. The number of thioether (sulfide) groups is 1. The Kier molecular flexibility index (Phi) is 5.56. The third kappa shape index (κ3) is 4.12. The van der Waals surface area contributed by atoms with Gasteiger partial charge in [0.05, 0.1) is 5.25 Å². The number of hydrogen-bond donors (Lipinski definition) is 1. The lowest BCUT2D eigenvalue weighted by Crippen LogP contribution is -2.22. The first-order valence-electron chi connectivity index (χ1n) is 7.50. The molecule has 1 amide bonds. The maximum absolute atomic E-state index is 12.3. The highest BCUT2D eigenvalue weighted by atomic mass is 32.2. The summed E-state index contributed by atoms with van der Waals surface area (Å²) in [5.74, 6) is 0.569. The maximum Gasteiger partial charge on any atom is 0.239 e. The molecule has 0 spiro atoms. The summed E-state index contributed by atoms with van der Waals surface area (Å²) in [6, 6.07) is 3.77. The Balaban J connectivity index is 1.78. The molecule has 1 unspecified atom stereocenters. The molecular formula is C16H16N6OS2. The third-order valence-corrected chi connectivity index (χ3v) is 5.03. The molecule has 0 fully saturated rings. The molecule has 0 bridgehead atoms. The number of aromatic nitrogens is 5. The number of allylic oxidation sites excluding steroid dienone is 1. The van der Waals surface area contributed by atoms with Crippen molar-refractivity contribution in [2.45, 2.75) is 23.9 Å². The average molecular weight is 372 g/mol. The summed E-state index contributed by atoms with van der Waals surface area (Å²) in [5.41, 5.74) is 0.864. The Morgan fingerprint density at radius 2 is 2.36 bits per heavy atom. The van der Waals surface area contributed by atoms with E-state index in [1.165, 1.54) is 23.1 Å². The minimum atomic E-state index is -0.349. The SMILES string of the molecule is C=CCn1c(SC(C)C(=O)Nc2nccs2)nnc1-c1cccnc1. The lowest BCUT2D eigenvalue weighted by atomic mass is 10.3. The number of rotatable bonds is 7. The second kappa shape index (κ2) is 8.04. The molecule has 0 aromatic carbocycles. The summed E-state index contributed by atoms with van der Waals surface area (Å²) in [6.07, 6.45) is 6.86. The smallest absolute Gasteiger partial charge is 0.239 e. The Morgan fingerprint density at radius 1 is 1.48 bits per heavy atom. The summed E-state index contributed by atoms with van der Waals surface area (Å²) >= 11 is 2.72. The van der Waals surface area contributed by atoms with Gasteiger partial charge in [-0.05, 0) is 19.1 Å². The van der Waals surface area contributed by atoms with Gasteiger partial charge in [0.15, 0.2) is 16.1 Å². The highest BCUT2D eigenvalue weighted by molar-refractivity contribution is 8.00. The fraction of sp³-hybridized carbons (Fsp3) is 0.188. The Labute approximate surface area is 153 Å². The monoisotopic (exact) mass is 372 g/mol. The van der Waals surface area contributed by atoms with Gasteiger partial charge < -0.3 is 5.32 Å². The summed E-state index contributed by atoms with van der Waals surface area (Å²) in [5, 5.41) is 14.0. The van der Waals surface area contributed by atoms with Crippen LogP contribution in [-0.4, -0.2) is 35.9 Å². The number of nitrogens with one attached hydrogen (secondary N) is 1. The largest absolute Gasteiger partial charge is 0.301 e. The van der Waals surface area contributed by atoms with Crippen molar-refractivity contribution in [3.8, 4) is 11.4 Å². The molecule has 9 heteroatoms. The maximum atomic E-state index is 12.3. The predicted octanol–water partition coefficient (Wildman–Crippen LogP) is 3.10. The van der Waals surface area contributed by atoms with E-state index >= 15 is 0 Å². The molecule has 3 heterocycles. The van der Waals surface area contributed by atoms with Gasteiger partial charge >= 0.3 is 0 Å². The molecule has 0 aliphatic rings. The van der Waals surface area contributed by atoms with Crippen molar-refractivity contribution in [2.75, 3.05) is 5.32 Å². The van der Waals surface area contributed by atoms with E-state index in [1.807, 2.05) is 29.0 Å². The first kappa shape index (κ1) is 17.3. The van der Waals surface area contributed by atoms with Crippen LogP contribution in [0.2, 0.25) is 0 Å². The van der Waals surface area contributed by atoms with Crippen molar-refractivity contribution >= 4 is 34.1 Å². The molecule has 0 aliphatic carbocycles. The van der Waals surface area contributed by atoms with E-state index in [9.17, 15) is 4.79 Å². The van der Waals surface area contributed by atoms with Crippen molar-refractivity contribution in [3.05, 3.63) is 48.8 Å². The number of thiazole rings is 1. The van der Waals surface area contributed by atoms with Gasteiger partial charge in [0.25, 0.3) is 0 Å². The van der Waals surface area contributed by atoms with E-state index in [-0.39, 0.29) is 11.2 Å². The van der Waals surface area contributed by atoms with Crippen molar-refractivity contribution in [3.63, 3.8) is 0 Å². The molecule has 25 heavy (non-hydrogen) atoms. The normalized spacial score (nSPS) is 11.9. The summed E-state index contributed by atoms with van der Waals surface area (Å²) in [4.78, 5) is 20.5.